The second-order valence-corrected chi connectivity index (χ2v) is 6.74. The first kappa shape index (κ1) is 13.9. The minimum absolute atomic E-state index is 0.0614. The maximum absolute atomic E-state index is 11.7. The molecule has 1 aromatic heterocycles. The van der Waals surface area contributed by atoms with Crippen molar-refractivity contribution in [3.63, 3.8) is 0 Å². The number of hydrogen-bond donors (Lipinski definition) is 0. The zero-order chi connectivity index (χ0) is 12.1. The van der Waals surface area contributed by atoms with Gasteiger partial charge in [0.1, 0.15) is 6.61 Å². The molecular formula is C12H17BrO2S. The zero-order valence-electron chi connectivity index (χ0n) is 9.83. The van der Waals surface area contributed by atoms with Crippen LogP contribution in [-0.2, 0) is 4.74 Å². The molecule has 1 unspecified atom stereocenters. The minimum Gasteiger partial charge on any atom is -0.370 e. The Balaban J connectivity index is 2.35. The van der Waals surface area contributed by atoms with Crippen molar-refractivity contribution in [3.05, 3.63) is 20.8 Å². The number of carbonyl (C=O) groups is 1. The molecule has 0 aliphatic heterocycles. The summed E-state index contributed by atoms with van der Waals surface area (Å²) in [6, 6.07) is 3.71. The molecule has 0 N–H and O–H groups in total. The molecule has 0 aliphatic rings. The second-order valence-electron chi connectivity index (χ2n) is 4.28. The predicted octanol–water partition coefficient (Wildman–Crippen LogP) is 4.14. The fraction of sp³-hybridized carbons (Fsp3) is 0.583. The lowest BCUT2D eigenvalue weighted by Gasteiger charge is -2.14. The van der Waals surface area contributed by atoms with Gasteiger partial charge in [0, 0.05) is 0 Å². The summed E-state index contributed by atoms with van der Waals surface area (Å²) in [4.78, 5) is 12.5. The molecule has 2 nitrogen and oxygen atoms in total. The van der Waals surface area contributed by atoms with E-state index in [1.165, 1.54) is 11.3 Å². The summed E-state index contributed by atoms with van der Waals surface area (Å²) >= 11 is 4.79. The number of ether oxygens (including phenoxy) is 1. The Morgan fingerprint density at radius 1 is 1.44 bits per heavy atom. The molecule has 0 saturated heterocycles. The van der Waals surface area contributed by atoms with Crippen LogP contribution in [0.3, 0.4) is 0 Å². The predicted molar refractivity (Wildman–Crippen MR) is 71.2 cm³/mol. The van der Waals surface area contributed by atoms with Gasteiger partial charge in [0.15, 0.2) is 5.78 Å². The first-order chi connectivity index (χ1) is 7.49. The zero-order valence-corrected chi connectivity index (χ0v) is 12.2. The van der Waals surface area contributed by atoms with Gasteiger partial charge in [-0.3, -0.25) is 4.79 Å². The first-order valence-electron chi connectivity index (χ1n) is 5.39. The Hall–Kier alpha value is -0.190. The van der Waals surface area contributed by atoms with Crippen LogP contribution in [-0.4, -0.2) is 18.5 Å². The lowest BCUT2D eigenvalue weighted by atomic mass is 10.1. The normalized spacial score (nSPS) is 13.1. The third kappa shape index (κ3) is 4.76. The van der Waals surface area contributed by atoms with Crippen LogP contribution in [0.4, 0.5) is 0 Å². The first-order valence-corrected chi connectivity index (χ1v) is 7.00. The maximum Gasteiger partial charge on any atom is 0.198 e. The molecule has 4 heteroatoms. The standard InChI is InChI=1S/C12H17BrO2S/c1-8(2)6-9(3)15-7-10(14)11-4-5-12(13)16-11/h4-5,8-9H,6-7H2,1-3H3. The van der Waals surface area contributed by atoms with Crippen molar-refractivity contribution in [3.8, 4) is 0 Å². The fourth-order valence-electron chi connectivity index (χ4n) is 1.49. The average Bonchev–Trinajstić information content (AvgIpc) is 2.60. The largest absolute Gasteiger partial charge is 0.370 e. The van der Waals surface area contributed by atoms with Gasteiger partial charge in [0.2, 0.25) is 0 Å². The number of Topliss-reactive ketones (excluding diaryl/α,β-unsaturated/α-hetero) is 1. The van der Waals surface area contributed by atoms with E-state index in [1.54, 1.807) is 0 Å². The van der Waals surface area contributed by atoms with Crippen molar-refractivity contribution in [2.75, 3.05) is 6.61 Å². The van der Waals surface area contributed by atoms with Crippen LogP contribution in [0, 0.1) is 5.92 Å². The highest BCUT2D eigenvalue weighted by atomic mass is 79.9. The van der Waals surface area contributed by atoms with Gasteiger partial charge in [0.25, 0.3) is 0 Å². The Kier molecular flexibility index (Phi) is 5.66. The van der Waals surface area contributed by atoms with E-state index in [0.717, 1.165) is 15.1 Å². The van der Waals surface area contributed by atoms with Gasteiger partial charge in [-0.15, -0.1) is 11.3 Å². The lowest BCUT2D eigenvalue weighted by Crippen LogP contribution is -2.16. The van der Waals surface area contributed by atoms with Gasteiger partial charge in [0.05, 0.1) is 14.8 Å². The fourth-order valence-corrected chi connectivity index (χ4v) is 2.80. The lowest BCUT2D eigenvalue weighted by molar-refractivity contribution is 0.0448. The van der Waals surface area contributed by atoms with E-state index >= 15 is 0 Å². The van der Waals surface area contributed by atoms with Crippen molar-refractivity contribution in [1.29, 1.82) is 0 Å². The highest BCUT2D eigenvalue weighted by Gasteiger charge is 2.11. The molecule has 0 spiro atoms. The molecule has 0 amide bonds. The smallest absolute Gasteiger partial charge is 0.198 e. The Labute approximate surface area is 109 Å². The highest BCUT2D eigenvalue weighted by Crippen LogP contribution is 2.22. The van der Waals surface area contributed by atoms with Crippen LogP contribution in [0.5, 0.6) is 0 Å². The average molecular weight is 305 g/mol. The van der Waals surface area contributed by atoms with E-state index in [4.69, 9.17) is 4.74 Å². The summed E-state index contributed by atoms with van der Waals surface area (Å²) in [5.74, 6) is 0.660. The summed E-state index contributed by atoms with van der Waals surface area (Å²) < 4.78 is 6.50. The molecular weight excluding hydrogens is 288 g/mol. The summed E-state index contributed by atoms with van der Waals surface area (Å²) in [7, 11) is 0. The molecule has 16 heavy (non-hydrogen) atoms. The molecule has 1 rings (SSSR count). The van der Waals surface area contributed by atoms with Gasteiger partial charge in [-0.1, -0.05) is 13.8 Å². The summed E-state index contributed by atoms with van der Waals surface area (Å²) in [5, 5.41) is 0. The molecule has 0 fully saturated rings. The van der Waals surface area contributed by atoms with Gasteiger partial charge in [-0.2, -0.15) is 0 Å². The second kappa shape index (κ2) is 6.52. The maximum atomic E-state index is 11.7. The monoisotopic (exact) mass is 304 g/mol. The molecule has 0 radical (unpaired) electrons. The Bertz CT molecular complexity index is 347. The minimum atomic E-state index is 0.0614. The Morgan fingerprint density at radius 3 is 2.62 bits per heavy atom. The van der Waals surface area contributed by atoms with Crippen LogP contribution in [0.1, 0.15) is 36.9 Å². The topological polar surface area (TPSA) is 26.3 Å². The van der Waals surface area contributed by atoms with Crippen molar-refractivity contribution in [1.82, 2.24) is 0 Å². The van der Waals surface area contributed by atoms with E-state index in [2.05, 4.69) is 29.8 Å². The van der Waals surface area contributed by atoms with E-state index in [9.17, 15) is 4.79 Å². The molecule has 1 atom stereocenters. The number of hydrogen-bond acceptors (Lipinski definition) is 3. The Morgan fingerprint density at radius 2 is 2.12 bits per heavy atom. The van der Waals surface area contributed by atoms with Crippen LogP contribution in [0.2, 0.25) is 0 Å². The molecule has 90 valence electrons. The molecule has 0 aromatic carbocycles. The van der Waals surface area contributed by atoms with Crippen molar-refractivity contribution >= 4 is 33.0 Å². The summed E-state index contributed by atoms with van der Waals surface area (Å²) in [5.41, 5.74) is 0. The quantitative estimate of drug-likeness (QED) is 0.738. The van der Waals surface area contributed by atoms with Crippen LogP contribution in [0.25, 0.3) is 0 Å². The molecule has 1 heterocycles. The number of carbonyl (C=O) groups excluding carboxylic acids is 1. The highest BCUT2D eigenvalue weighted by molar-refractivity contribution is 9.11. The molecule has 0 saturated carbocycles. The summed E-state index contributed by atoms with van der Waals surface area (Å²) in [6.45, 7) is 6.49. The molecule has 1 aromatic rings. The van der Waals surface area contributed by atoms with E-state index in [1.807, 2.05) is 19.1 Å². The number of thiophene rings is 1. The van der Waals surface area contributed by atoms with Gasteiger partial charge in [-0.25, -0.2) is 0 Å². The molecule has 0 bridgehead atoms. The van der Waals surface area contributed by atoms with Crippen LogP contribution < -0.4 is 0 Å². The van der Waals surface area contributed by atoms with Gasteiger partial charge in [-0.05, 0) is 47.3 Å². The van der Waals surface area contributed by atoms with E-state index in [-0.39, 0.29) is 18.5 Å². The number of ketones is 1. The third-order valence-electron chi connectivity index (χ3n) is 2.15. The van der Waals surface area contributed by atoms with Gasteiger partial charge >= 0.3 is 0 Å². The third-order valence-corrected chi connectivity index (χ3v) is 3.81. The van der Waals surface area contributed by atoms with E-state index < -0.39 is 0 Å². The van der Waals surface area contributed by atoms with Crippen molar-refractivity contribution in [2.24, 2.45) is 5.92 Å². The van der Waals surface area contributed by atoms with Crippen molar-refractivity contribution < 1.29 is 9.53 Å². The van der Waals surface area contributed by atoms with Crippen LogP contribution >= 0.6 is 27.3 Å². The van der Waals surface area contributed by atoms with Gasteiger partial charge < -0.3 is 4.74 Å². The van der Waals surface area contributed by atoms with E-state index in [0.29, 0.717) is 5.92 Å². The molecule has 0 aliphatic carbocycles. The van der Waals surface area contributed by atoms with Crippen molar-refractivity contribution in [2.45, 2.75) is 33.3 Å². The SMILES string of the molecule is CC(C)CC(C)OCC(=O)c1ccc(Br)s1. The number of rotatable bonds is 6. The summed E-state index contributed by atoms with van der Waals surface area (Å²) in [6.07, 6.45) is 1.13. The van der Waals surface area contributed by atoms with Crippen LogP contribution in [0.15, 0.2) is 15.9 Å². The number of halogens is 1.